The first-order valence-corrected chi connectivity index (χ1v) is 0. The van der Waals surface area contributed by atoms with Crippen LogP contribution in [0.4, 0.5) is 0 Å². The molecule has 0 aromatic heterocycles. The van der Waals surface area contributed by atoms with Gasteiger partial charge in [0.05, 0.1) is 0 Å². The van der Waals surface area contributed by atoms with Crippen molar-refractivity contribution >= 4 is 48.3 Å². The molecule has 4 heavy (non-hydrogen) atoms. The third kappa shape index (κ3) is 9.04. The summed E-state index contributed by atoms with van der Waals surface area (Å²) in [6.07, 6.45) is 0. The van der Waals surface area contributed by atoms with Gasteiger partial charge in [0.1, 0.15) is 0 Å². The van der Waals surface area contributed by atoms with Crippen molar-refractivity contribution in [2.75, 3.05) is 0 Å². The van der Waals surface area contributed by atoms with Crippen LogP contribution in [0, 0.1) is 38.2 Å². The van der Waals surface area contributed by atoms with Crippen molar-refractivity contribution in [2.45, 2.75) is 0 Å². The van der Waals surface area contributed by atoms with E-state index in [-0.39, 0.29) is 103 Å². The molecule has 4 heteroatoms. The first kappa shape index (κ1) is 26.3. The Labute approximate surface area is 101 Å². The molecular weight excluding hydrogens is 462 g/mol. The molecule has 0 unspecified atom stereocenters. The van der Waals surface area contributed by atoms with Crippen LogP contribution in [0.5, 0.6) is 0 Å². The predicted octanol–water partition coefficient (Wildman–Crippen LogP) is -0.764. The second-order valence-corrected chi connectivity index (χ2v) is 0. The minimum atomic E-state index is 0. The Hall–Kier alpha value is 3.38. The van der Waals surface area contributed by atoms with E-state index < -0.39 is 0 Å². The molecule has 0 atom stereocenters. The molecule has 0 nitrogen and oxygen atoms in total. The topological polar surface area (TPSA) is 0 Å². The van der Waals surface area contributed by atoms with Crippen molar-refractivity contribution in [3.8, 4) is 0 Å². The van der Waals surface area contributed by atoms with Crippen molar-refractivity contribution in [3.05, 3.63) is 0 Å². The molecule has 0 saturated carbocycles. The SMILES string of the molecule is [Dy].[Ni].[Sb].[Sn]. The number of rotatable bonds is 0. The Bertz CT molecular complexity index is 8.00. The van der Waals surface area contributed by atoms with Crippen molar-refractivity contribution in [3.63, 3.8) is 0 Å². The van der Waals surface area contributed by atoms with E-state index in [9.17, 15) is 0 Å². The van der Waals surface area contributed by atoms with Crippen LogP contribution in [0.2, 0.25) is 0 Å². The standard InChI is InChI=1S/Dy.Ni.Sb.Sn. The maximum Gasteiger partial charge on any atom is 0 e. The van der Waals surface area contributed by atoms with Gasteiger partial charge in [0.2, 0.25) is 0 Å². The summed E-state index contributed by atoms with van der Waals surface area (Å²) < 4.78 is 0. The Morgan fingerprint density at radius 3 is 1.00 bits per heavy atom. The Morgan fingerprint density at radius 2 is 1.00 bits per heavy atom. The molecule has 0 fully saturated rings. The Balaban J connectivity index is 0. The third-order valence-corrected chi connectivity index (χ3v) is 0. The molecule has 29 valence electrons. The van der Waals surface area contributed by atoms with E-state index in [1.807, 2.05) is 0 Å². The van der Waals surface area contributed by atoms with E-state index >= 15 is 0 Å². The fourth-order valence-corrected chi connectivity index (χ4v) is 0. The normalized spacial score (nSPS) is 0. The van der Waals surface area contributed by atoms with Gasteiger partial charge in [-0.1, -0.05) is 0 Å². The quantitative estimate of drug-likeness (QED) is 0.416. The zero-order valence-corrected chi connectivity index (χ0v) is 10.0. The van der Waals surface area contributed by atoms with E-state index in [0.29, 0.717) is 0 Å². The van der Waals surface area contributed by atoms with Crippen LogP contribution in [0.3, 0.4) is 0 Å². The van der Waals surface area contributed by atoms with Crippen molar-refractivity contribution < 1.29 is 54.7 Å². The smallest absolute Gasteiger partial charge is 0 e. The molecule has 0 aliphatic heterocycles. The van der Waals surface area contributed by atoms with Gasteiger partial charge < -0.3 is 0 Å². The summed E-state index contributed by atoms with van der Waals surface area (Å²) in [5.74, 6) is 0. The fourth-order valence-electron chi connectivity index (χ4n) is 0. The largest absolute Gasteiger partial charge is 0 e. The van der Waals surface area contributed by atoms with Crippen molar-refractivity contribution in [1.29, 1.82) is 0 Å². The summed E-state index contributed by atoms with van der Waals surface area (Å²) in [5, 5.41) is 0. The molecule has 0 rings (SSSR count). The minimum absolute atomic E-state index is 0. The Morgan fingerprint density at radius 1 is 1.00 bits per heavy atom. The summed E-state index contributed by atoms with van der Waals surface area (Å²) in [6, 6.07) is 0. The molecule has 0 N–H and O–H groups in total. The summed E-state index contributed by atoms with van der Waals surface area (Å²) >= 11 is 0. The van der Waals surface area contributed by atoms with E-state index in [1.165, 1.54) is 0 Å². The predicted molar refractivity (Wildman–Crippen MR) is 11.5 cm³/mol. The maximum atomic E-state index is 0. The van der Waals surface area contributed by atoms with Crippen LogP contribution in [-0.2, 0) is 16.5 Å². The average molecular weight is 462 g/mol. The monoisotopic (exact) mass is 463 g/mol. The molecule has 0 aliphatic carbocycles. The molecule has 0 aliphatic rings. The van der Waals surface area contributed by atoms with Crippen molar-refractivity contribution in [1.82, 2.24) is 0 Å². The van der Waals surface area contributed by atoms with Gasteiger partial charge in [-0.2, -0.15) is 0 Å². The van der Waals surface area contributed by atoms with E-state index in [4.69, 9.17) is 0 Å². The summed E-state index contributed by atoms with van der Waals surface area (Å²) in [4.78, 5) is 0. The molecule has 0 spiro atoms. The summed E-state index contributed by atoms with van der Waals surface area (Å²) in [7, 11) is 0. The van der Waals surface area contributed by atoms with Crippen LogP contribution in [0.25, 0.3) is 0 Å². The van der Waals surface area contributed by atoms with Gasteiger partial charge in [-0.05, 0) is 0 Å². The van der Waals surface area contributed by atoms with E-state index in [0.717, 1.165) is 0 Å². The van der Waals surface area contributed by atoms with Gasteiger partial charge in [0.15, 0.2) is 0 Å². The van der Waals surface area contributed by atoms with E-state index in [2.05, 4.69) is 0 Å². The molecule has 0 heterocycles. The molecule has 7 radical (unpaired) electrons. The van der Waals surface area contributed by atoms with Crippen LogP contribution < -0.4 is 0 Å². The van der Waals surface area contributed by atoms with Crippen molar-refractivity contribution in [2.24, 2.45) is 0 Å². The van der Waals surface area contributed by atoms with Gasteiger partial charge in [-0.25, -0.2) is 0 Å². The number of hydrogen-bond acceptors (Lipinski definition) is 0. The maximum absolute atomic E-state index is 0. The fraction of sp³-hybridized carbons (Fsp3) is 0. The first-order chi connectivity index (χ1) is 0. The second kappa shape index (κ2) is 16.2. The van der Waals surface area contributed by atoms with Crippen LogP contribution in [0.15, 0.2) is 0 Å². The van der Waals surface area contributed by atoms with Gasteiger partial charge in [-0.15, -0.1) is 0 Å². The number of hydrogen-bond donors (Lipinski definition) is 0. The first-order valence-electron chi connectivity index (χ1n) is 0. The van der Waals surface area contributed by atoms with Gasteiger partial charge >= 0.3 is 0 Å². The minimum Gasteiger partial charge on any atom is 0 e. The summed E-state index contributed by atoms with van der Waals surface area (Å²) in [5.41, 5.74) is 0. The second-order valence-electron chi connectivity index (χ2n) is 0. The van der Waals surface area contributed by atoms with Crippen LogP contribution in [-0.4, -0.2) is 48.3 Å². The summed E-state index contributed by atoms with van der Waals surface area (Å²) in [6.45, 7) is 0. The molecular formula is DyNiSbSn. The van der Waals surface area contributed by atoms with Crippen LogP contribution in [0.1, 0.15) is 0 Å². The zero-order chi connectivity index (χ0) is 0. The van der Waals surface area contributed by atoms with Gasteiger partial charge in [0, 0.05) is 103 Å². The van der Waals surface area contributed by atoms with Gasteiger partial charge in [-0.3, -0.25) is 0 Å². The van der Waals surface area contributed by atoms with Crippen LogP contribution >= 0.6 is 0 Å². The molecule has 0 saturated heterocycles. The average Bonchev–Trinajstić information content (AvgIpc) is 0. The molecule has 0 aromatic rings. The zero-order valence-electron chi connectivity index (χ0n) is 1.58. The van der Waals surface area contributed by atoms with Gasteiger partial charge in [0.25, 0.3) is 0 Å². The molecule has 0 amide bonds. The molecule has 0 aromatic carbocycles. The molecule has 0 bridgehead atoms. The Kier molecular flexibility index (Phi) is 106. The third-order valence-electron chi connectivity index (χ3n) is 0. The van der Waals surface area contributed by atoms with E-state index in [1.54, 1.807) is 0 Å².